The van der Waals surface area contributed by atoms with Crippen LogP contribution in [0.2, 0.25) is 0 Å². The topological polar surface area (TPSA) is 50.5 Å². The molecular formula is C16H23N3OS. The molecule has 0 radical (unpaired) electrons. The van der Waals surface area contributed by atoms with Crippen LogP contribution in [0.15, 0.2) is 29.6 Å². The fourth-order valence-electron chi connectivity index (χ4n) is 2.99. The van der Waals surface area contributed by atoms with Crippen LogP contribution >= 0.6 is 11.3 Å². The summed E-state index contributed by atoms with van der Waals surface area (Å²) in [7, 11) is 0. The number of benzene rings is 1. The Morgan fingerprint density at radius 2 is 2.33 bits per heavy atom. The second-order valence-electron chi connectivity index (χ2n) is 5.54. The number of hydrazine groups is 1. The summed E-state index contributed by atoms with van der Waals surface area (Å²) in [6.07, 6.45) is 1.06. The monoisotopic (exact) mass is 305 g/mol. The van der Waals surface area contributed by atoms with Crippen molar-refractivity contribution < 1.29 is 4.74 Å². The van der Waals surface area contributed by atoms with Crippen LogP contribution in [-0.2, 0) is 11.2 Å². The SMILES string of the molecule is CCN1CCOC(C(Cc2csc3ccccc23)NN)C1. The Hall–Kier alpha value is -0.980. The molecule has 2 heterocycles. The molecule has 114 valence electrons. The Morgan fingerprint density at radius 3 is 3.14 bits per heavy atom. The quantitative estimate of drug-likeness (QED) is 0.655. The van der Waals surface area contributed by atoms with Gasteiger partial charge < -0.3 is 4.74 Å². The first-order valence-electron chi connectivity index (χ1n) is 7.57. The number of nitrogens with two attached hydrogens (primary N) is 1. The first-order valence-corrected chi connectivity index (χ1v) is 8.45. The van der Waals surface area contributed by atoms with E-state index in [4.69, 9.17) is 10.6 Å². The lowest BCUT2D eigenvalue weighted by Gasteiger charge is -2.36. The largest absolute Gasteiger partial charge is 0.374 e. The minimum Gasteiger partial charge on any atom is -0.374 e. The average Bonchev–Trinajstić information content (AvgIpc) is 2.95. The highest BCUT2D eigenvalue weighted by Crippen LogP contribution is 2.27. The van der Waals surface area contributed by atoms with Crippen LogP contribution in [0.1, 0.15) is 12.5 Å². The molecule has 1 aliphatic rings. The van der Waals surface area contributed by atoms with Crippen LogP contribution in [-0.4, -0.2) is 43.3 Å². The van der Waals surface area contributed by atoms with Gasteiger partial charge in [0.1, 0.15) is 0 Å². The summed E-state index contributed by atoms with van der Waals surface area (Å²) in [6, 6.07) is 8.70. The van der Waals surface area contributed by atoms with E-state index in [2.05, 4.69) is 46.9 Å². The molecule has 2 atom stereocenters. The summed E-state index contributed by atoms with van der Waals surface area (Å²) in [5, 5.41) is 3.58. The van der Waals surface area contributed by atoms with Crippen LogP contribution in [0, 0.1) is 0 Å². The van der Waals surface area contributed by atoms with E-state index in [1.807, 2.05) is 0 Å². The zero-order valence-corrected chi connectivity index (χ0v) is 13.2. The highest BCUT2D eigenvalue weighted by atomic mass is 32.1. The van der Waals surface area contributed by atoms with Crippen molar-refractivity contribution in [3.63, 3.8) is 0 Å². The maximum Gasteiger partial charge on any atom is 0.0871 e. The molecule has 21 heavy (non-hydrogen) atoms. The number of likely N-dealkylation sites (N-methyl/N-ethyl adjacent to an activating group) is 1. The highest BCUT2D eigenvalue weighted by molar-refractivity contribution is 7.17. The van der Waals surface area contributed by atoms with E-state index < -0.39 is 0 Å². The van der Waals surface area contributed by atoms with Crippen molar-refractivity contribution >= 4 is 21.4 Å². The molecule has 0 bridgehead atoms. The molecule has 4 nitrogen and oxygen atoms in total. The molecule has 0 aliphatic carbocycles. The molecule has 1 aliphatic heterocycles. The first kappa shape index (κ1) is 14.9. The number of morpholine rings is 1. The van der Waals surface area contributed by atoms with Gasteiger partial charge in [0, 0.05) is 17.8 Å². The summed E-state index contributed by atoms with van der Waals surface area (Å²) >= 11 is 1.80. The van der Waals surface area contributed by atoms with E-state index in [-0.39, 0.29) is 12.1 Å². The fraction of sp³-hybridized carbons (Fsp3) is 0.500. The van der Waals surface area contributed by atoms with Gasteiger partial charge in [-0.1, -0.05) is 25.1 Å². The number of thiophene rings is 1. The van der Waals surface area contributed by atoms with Gasteiger partial charge >= 0.3 is 0 Å². The van der Waals surface area contributed by atoms with Crippen molar-refractivity contribution in [3.8, 4) is 0 Å². The zero-order valence-electron chi connectivity index (χ0n) is 12.4. The molecule has 0 spiro atoms. The predicted molar refractivity (Wildman–Crippen MR) is 88.5 cm³/mol. The Morgan fingerprint density at radius 1 is 1.48 bits per heavy atom. The maximum absolute atomic E-state index is 5.94. The highest BCUT2D eigenvalue weighted by Gasteiger charge is 2.27. The summed E-state index contributed by atoms with van der Waals surface area (Å²) < 4.78 is 7.28. The summed E-state index contributed by atoms with van der Waals surface area (Å²) in [6.45, 7) is 6.03. The van der Waals surface area contributed by atoms with Crippen molar-refractivity contribution in [1.29, 1.82) is 0 Å². The number of ether oxygens (including phenoxy) is 1. The van der Waals surface area contributed by atoms with E-state index in [1.165, 1.54) is 15.6 Å². The zero-order chi connectivity index (χ0) is 14.7. The molecule has 1 fully saturated rings. The third kappa shape index (κ3) is 3.27. The Balaban J connectivity index is 1.75. The third-order valence-electron chi connectivity index (χ3n) is 4.29. The lowest BCUT2D eigenvalue weighted by atomic mass is 10.00. The van der Waals surface area contributed by atoms with Crippen LogP contribution in [0.25, 0.3) is 10.1 Å². The van der Waals surface area contributed by atoms with Crippen LogP contribution in [0.4, 0.5) is 0 Å². The fourth-order valence-corrected chi connectivity index (χ4v) is 3.96. The molecule has 3 N–H and O–H groups in total. The number of fused-ring (bicyclic) bond motifs is 1. The normalized spacial score (nSPS) is 21.7. The van der Waals surface area contributed by atoms with E-state index in [1.54, 1.807) is 11.3 Å². The van der Waals surface area contributed by atoms with Gasteiger partial charge in [-0.05, 0) is 35.4 Å². The van der Waals surface area contributed by atoms with Crippen LogP contribution in [0.5, 0.6) is 0 Å². The van der Waals surface area contributed by atoms with Crippen molar-refractivity contribution in [3.05, 3.63) is 35.2 Å². The summed E-state index contributed by atoms with van der Waals surface area (Å²) in [4.78, 5) is 2.42. The van der Waals surface area contributed by atoms with Gasteiger partial charge in [0.2, 0.25) is 0 Å². The Labute approximate surface area is 129 Å². The lowest BCUT2D eigenvalue weighted by Crippen LogP contribution is -2.54. The minimum absolute atomic E-state index is 0.150. The second-order valence-corrected chi connectivity index (χ2v) is 6.45. The van der Waals surface area contributed by atoms with Gasteiger partial charge in [-0.2, -0.15) is 0 Å². The maximum atomic E-state index is 5.94. The Bertz CT molecular complexity index is 586. The number of hydrogen-bond acceptors (Lipinski definition) is 5. The van der Waals surface area contributed by atoms with E-state index in [0.29, 0.717) is 0 Å². The van der Waals surface area contributed by atoms with E-state index >= 15 is 0 Å². The van der Waals surface area contributed by atoms with Gasteiger partial charge in [-0.25, -0.2) is 0 Å². The van der Waals surface area contributed by atoms with Crippen LogP contribution in [0.3, 0.4) is 0 Å². The second kappa shape index (κ2) is 6.85. The molecule has 0 amide bonds. The molecule has 1 aromatic carbocycles. The number of hydrogen-bond donors (Lipinski definition) is 2. The van der Waals surface area contributed by atoms with Gasteiger partial charge in [0.15, 0.2) is 0 Å². The average molecular weight is 305 g/mol. The third-order valence-corrected chi connectivity index (χ3v) is 5.30. The lowest BCUT2D eigenvalue weighted by molar-refractivity contribution is -0.0447. The molecule has 1 aromatic heterocycles. The standard InChI is InChI=1S/C16H23N3OS/c1-2-19-7-8-20-15(10-19)14(18-17)9-12-11-21-16-6-4-3-5-13(12)16/h3-6,11,14-15,18H,2,7-10,17H2,1H3. The molecule has 2 unspecified atom stereocenters. The molecule has 3 rings (SSSR count). The predicted octanol–water partition coefficient (Wildman–Crippen LogP) is 2.00. The van der Waals surface area contributed by atoms with Crippen LogP contribution < -0.4 is 11.3 Å². The Kier molecular flexibility index (Phi) is 4.87. The number of nitrogens with one attached hydrogen (secondary N) is 1. The van der Waals surface area contributed by atoms with Crippen molar-refractivity contribution in [2.45, 2.75) is 25.5 Å². The van der Waals surface area contributed by atoms with Crippen molar-refractivity contribution in [2.24, 2.45) is 5.84 Å². The van der Waals surface area contributed by atoms with E-state index in [9.17, 15) is 0 Å². The van der Waals surface area contributed by atoms with Gasteiger partial charge in [0.25, 0.3) is 0 Å². The smallest absolute Gasteiger partial charge is 0.0871 e. The minimum atomic E-state index is 0.150. The van der Waals surface area contributed by atoms with Gasteiger partial charge in [-0.3, -0.25) is 16.2 Å². The van der Waals surface area contributed by atoms with Crippen molar-refractivity contribution in [2.75, 3.05) is 26.2 Å². The first-order chi connectivity index (χ1) is 10.3. The molecule has 0 saturated carbocycles. The van der Waals surface area contributed by atoms with E-state index in [0.717, 1.165) is 32.7 Å². The van der Waals surface area contributed by atoms with Crippen molar-refractivity contribution in [1.82, 2.24) is 10.3 Å². The molecule has 5 heteroatoms. The van der Waals surface area contributed by atoms with Gasteiger partial charge in [0.05, 0.1) is 18.8 Å². The summed E-state index contributed by atoms with van der Waals surface area (Å²) in [5.74, 6) is 5.81. The number of rotatable bonds is 5. The molecule has 2 aromatic rings. The van der Waals surface area contributed by atoms with Gasteiger partial charge in [-0.15, -0.1) is 11.3 Å². The molecular weight excluding hydrogens is 282 g/mol. The molecule has 1 saturated heterocycles. The summed E-state index contributed by atoms with van der Waals surface area (Å²) in [5.41, 5.74) is 4.33. The number of nitrogens with zero attached hydrogens (tertiary/aromatic N) is 1.